The molecule has 0 radical (unpaired) electrons. The van der Waals surface area contributed by atoms with E-state index in [2.05, 4.69) is 21.4 Å². The molecule has 0 atom stereocenters. The maximum Gasteiger partial charge on any atom is 0.130 e. The third kappa shape index (κ3) is 2.79. The first-order valence-electron chi connectivity index (χ1n) is 7.55. The van der Waals surface area contributed by atoms with Gasteiger partial charge in [0.1, 0.15) is 12.1 Å². The van der Waals surface area contributed by atoms with Crippen LogP contribution >= 0.6 is 0 Å². The summed E-state index contributed by atoms with van der Waals surface area (Å²) >= 11 is 0. The summed E-state index contributed by atoms with van der Waals surface area (Å²) in [6.45, 7) is 0.737. The first-order chi connectivity index (χ1) is 9.71. The van der Waals surface area contributed by atoms with Crippen molar-refractivity contribution in [2.24, 2.45) is 5.73 Å². The minimum atomic E-state index is 0.0520. The van der Waals surface area contributed by atoms with E-state index in [9.17, 15) is 0 Å². The largest absolute Gasteiger partial charge is 0.382 e. The molecule has 5 heteroatoms. The van der Waals surface area contributed by atoms with E-state index < -0.39 is 0 Å². The predicted molar refractivity (Wildman–Crippen MR) is 78.7 cm³/mol. The van der Waals surface area contributed by atoms with Gasteiger partial charge in [-0.2, -0.15) is 0 Å². The van der Waals surface area contributed by atoms with Crippen LogP contribution in [0.3, 0.4) is 0 Å². The maximum absolute atomic E-state index is 5.86. The first-order valence-corrected chi connectivity index (χ1v) is 7.55. The van der Waals surface area contributed by atoms with Crippen LogP contribution in [0.1, 0.15) is 50.1 Å². The molecule has 5 nitrogen and oxygen atoms in total. The number of anilines is 1. The topological polar surface area (TPSA) is 73.1 Å². The van der Waals surface area contributed by atoms with E-state index >= 15 is 0 Å². The summed E-state index contributed by atoms with van der Waals surface area (Å²) in [5.74, 6) is 1.44. The summed E-state index contributed by atoms with van der Waals surface area (Å²) in [5.41, 5.74) is 7.03. The smallest absolute Gasteiger partial charge is 0.130 e. The number of nitrogens with zero attached hydrogens (tertiary/aromatic N) is 2. The second-order valence-corrected chi connectivity index (χ2v) is 6.30. The Morgan fingerprint density at radius 2 is 2.10 bits per heavy atom. The predicted octanol–water partition coefficient (Wildman–Crippen LogP) is 2.05. The van der Waals surface area contributed by atoms with Crippen LogP contribution in [0, 0.1) is 0 Å². The molecule has 3 N–H and O–H groups in total. The Hall–Kier alpha value is -1.20. The summed E-state index contributed by atoms with van der Waals surface area (Å²) in [7, 11) is 1.77. The van der Waals surface area contributed by atoms with Crippen molar-refractivity contribution in [3.05, 3.63) is 18.1 Å². The molecule has 20 heavy (non-hydrogen) atoms. The van der Waals surface area contributed by atoms with Gasteiger partial charge in [0.05, 0.1) is 12.1 Å². The van der Waals surface area contributed by atoms with Gasteiger partial charge in [0.2, 0.25) is 0 Å². The standard InChI is InChI=1S/C15H24N4O/c1-20-9-15(4-2-3-5-15)19-14-8-13(17-10-18-14)11-6-12(16)7-11/h8,10-12H,2-7,9,16H2,1H3,(H,17,18,19). The van der Waals surface area contributed by atoms with Crippen LogP contribution in [0.2, 0.25) is 0 Å². The molecule has 2 saturated carbocycles. The molecular formula is C15H24N4O. The van der Waals surface area contributed by atoms with Gasteiger partial charge < -0.3 is 15.8 Å². The lowest BCUT2D eigenvalue weighted by Gasteiger charge is -2.33. The van der Waals surface area contributed by atoms with Gasteiger partial charge in [-0.1, -0.05) is 12.8 Å². The van der Waals surface area contributed by atoms with Gasteiger partial charge in [-0.15, -0.1) is 0 Å². The normalized spacial score (nSPS) is 28.1. The summed E-state index contributed by atoms with van der Waals surface area (Å²) < 4.78 is 5.40. The highest BCUT2D eigenvalue weighted by Gasteiger charge is 2.34. The zero-order valence-corrected chi connectivity index (χ0v) is 12.1. The molecule has 0 amide bonds. The lowest BCUT2D eigenvalue weighted by atomic mass is 9.78. The second kappa shape index (κ2) is 5.66. The van der Waals surface area contributed by atoms with E-state index in [4.69, 9.17) is 10.5 Å². The molecule has 2 aliphatic carbocycles. The van der Waals surface area contributed by atoms with Crippen LogP contribution in [0.4, 0.5) is 5.82 Å². The SMILES string of the molecule is COCC1(Nc2cc(C3CC(N)C3)ncn2)CCCC1. The quantitative estimate of drug-likeness (QED) is 0.861. The number of nitrogens with one attached hydrogen (secondary N) is 1. The van der Waals surface area contributed by atoms with E-state index in [1.165, 1.54) is 12.8 Å². The fourth-order valence-electron chi connectivity index (χ4n) is 3.47. The molecular weight excluding hydrogens is 252 g/mol. The summed E-state index contributed by atoms with van der Waals surface area (Å²) in [4.78, 5) is 8.78. The third-order valence-corrected chi connectivity index (χ3v) is 4.66. The molecule has 0 aliphatic heterocycles. The highest BCUT2D eigenvalue weighted by molar-refractivity contribution is 5.40. The molecule has 2 aliphatic rings. The molecule has 0 aromatic carbocycles. The number of rotatable bonds is 5. The number of hydrogen-bond acceptors (Lipinski definition) is 5. The van der Waals surface area contributed by atoms with Crippen molar-refractivity contribution in [2.45, 2.75) is 56.0 Å². The Balaban J connectivity index is 1.71. The number of nitrogens with two attached hydrogens (primary N) is 1. The lowest BCUT2D eigenvalue weighted by molar-refractivity contribution is 0.145. The van der Waals surface area contributed by atoms with Crippen LogP contribution in [0.5, 0.6) is 0 Å². The zero-order valence-electron chi connectivity index (χ0n) is 12.1. The van der Waals surface area contributed by atoms with Crippen LogP contribution in [-0.2, 0) is 4.74 Å². The highest BCUT2D eigenvalue weighted by Crippen LogP contribution is 2.36. The highest BCUT2D eigenvalue weighted by atomic mass is 16.5. The number of methoxy groups -OCH3 is 1. The molecule has 1 heterocycles. The molecule has 0 spiro atoms. The average molecular weight is 276 g/mol. The molecule has 1 aromatic heterocycles. The van der Waals surface area contributed by atoms with Crippen LogP contribution in [-0.4, -0.2) is 35.3 Å². The van der Waals surface area contributed by atoms with E-state index in [-0.39, 0.29) is 5.54 Å². The Bertz CT molecular complexity index is 453. The minimum Gasteiger partial charge on any atom is -0.382 e. The fraction of sp³-hybridized carbons (Fsp3) is 0.733. The Morgan fingerprint density at radius 1 is 1.35 bits per heavy atom. The van der Waals surface area contributed by atoms with Crippen molar-refractivity contribution in [1.29, 1.82) is 0 Å². The first kappa shape index (κ1) is 13.8. The van der Waals surface area contributed by atoms with Crippen molar-refractivity contribution in [3.8, 4) is 0 Å². The Kier molecular flexibility index (Phi) is 3.89. The minimum absolute atomic E-state index is 0.0520. The van der Waals surface area contributed by atoms with Gasteiger partial charge >= 0.3 is 0 Å². The second-order valence-electron chi connectivity index (χ2n) is 6.30. The number of aromatic nitrogens is 2. The third-order valence-electron chi connectivity index (χ3n) is 4.66. The Morgan fingerprint density at radius 3 is 2.75 bits per heavy atom. The Labute approximate surface area is 120 Å². The molecule has 0 bridgehead atoms. The van der Waals surface area contributed by atoms with Gasteiger partial charge in [0.15, 0.2) is 0 Å². The average Bonchev–Trinajstić information content (AvgIpc) is 2.84. The molecule has 1 aromatic rings. The van der Waals surface area contributed by atoms with Gasteiger partial charge in [0.25, 0.3) is 0 Å². The van der Waals surface area contributed by atoms with Crippen LogP contribution in [0.15, 0.2) is 12.4 Å². The maximum atomic E-state index is 5.86. The van der Waals surface area contributed by atoms with Crippen molar-refractivity contribution in [2.75, 3.05) is 19.0 Å². The number of hydrogen-bond donors (Lipinski definition) is 2. The summed E-state index contributed by atoms with van der Waals surface area (Å²) in [6.07, 6.45) is 8.55. The van der Waals surface area contributed by atoms with Crippen molar-refractivity contribution in [3.63, 3.8) is 0 Å². The molecule has 3 rings (SSSR count). The van der Waals surface area contributed by atoms with Gasteiger partial charge in [0, 0.05) is 30.8 Å². The van der Waals surface area contributed by atoms with E-state index in [0.717, 1.165) is 43.8 Å². The van der Waals surface area contributed by atoms with Crippen LogP contribution in [0.25, 0.3) is 0 Å². The monoisotopic (exact) mass is 276 g/mol. The van der Waals surface area contributed by atoms with E-state index in [1.54, 1.807) is 13.4 Å². The van der Waals surface area contributed by atoms with Gasteiger partial charge in [-0.05, 0) is 25.7 Å². The van der Waals surface area contributed by atoms with Crippen molar-refractivity contribution in [1.82, 2.24) is 9.97 Å². The van der Waals surface area contributed by atoms with Crippen molar-refractivity contribution >= 4 is 5.82 Å². The van der Waals surface area contributed by atoms with Gasteiger partial charge in [-0.25, -0.2) is 9.97 Å². The van der Waals surface area contributed by atoms with E-state index in [0.29, 0.717) is 12.0 Å². The lowest BCUT2D eigenvalue weighted by Crippen LogP contribution is -2.40. The van der Waals surface area contributed by atoms with E-state index in [1.807, 2.05) is 0 Å². The zero-order chi connectivity index (χ0) is 14.0. The summed E-state index contributed by atoms with van der Waals surface area (Å²) in [6, 6.07) is 2.44. The van der Waals surface area contributed by atoms with Gasteiger partial charge in [-0.3, -0.25) is 0 Å². The van der Waals surface area contributed by atoms with Crippen LogP contribution < -0.4 is 11.1 Å². The molecule has 0 saturated heterocycles. The summed E-state index contributed by atoms with van der Waals surface area (Å²) in [5, 5.41) is 3.60. The number of ether oxygens (including phenoxy) is 1. The molecule has 110 valence electrons. The molecule has 0 unspecified atom stereocenters. The van der Waals surface area contributed by atoms with Crippen molar-refractivity contribution < 1.29 is 4.74 Å². The molecule has 2 fully saturated rings. The fourth-order valence-corrected chi connectivity index (χ4v) is 3.47.